The van der Waals surface area contributed by atoms with E-state index in [1.165, 1.54) is 11.3 Å². The second kappa shape index (κ2) is 6.61. The highest BCUT2D eigenvalue weighted by molar-refractivity contribution is 7.13. The summed E-state index contributed by atoms with van der Waals surface area (Å²) in [5.74, 6) is 0. The van der Waals surface area contributed by atoms with Crippen LogP contribution in [0, 0.1) is 6.92 Å². The van der Waals surface area contributed by atoms with Gasteiger partial charge in [0.05, 0.1) is 0 Å². The van der Waals surface area contributed by atoms with Crippen LogP contribution in [0.4, 0.5) is 5.69 Å². The van der Waals surface area contributed by atoms with Crippen molar-refractivity contribution in [1.29, 1.82) is 0 Å². The second-order valence-electron chi connectivity index (χ2n) is 5.64. The van der Waals surface area contributed by atoms with E-state index in [0.717, 1.165) is 34.6 Å². The lowest BCUT2D eigenvalue weighted by atomic mass is 10.0. The lowest BCUT2D eigenvalue weighted by Crippen LogP contribution is -2.21. The van der Waals surface area contributed by atoms with Crippen molar-refractivity contribution in [3.05, 3.63) is 51.2 Å². The Bertz CT molecular complexity index is 951. The summed E-state index contributed by atoms with van der Waals surface area (Å²) in [5.41, 5.74) is 2.78. The molecule has 0 fully saturated rings. The zero-order valence-corrected chi connectivity index (χ0v) is 14.8. The SMILES string of the molecule is CCN(CC)c1ccc2c(-c3cc(C)cs3)c(C=O)c(=O)oc2c1. The first-order valence-electron chi connectivity index (χ1n) is 7.95. The van der Waals surface area contributed by atoms with Gasteiger partial charge in [0.2, 0.25) is 0 Å². The number of carbonyl (C=O) groups is 1. The molecule has 0 radical (unpaired) electrons. The number of fused-ring (bicyclic) bond motifs is 1. The molecule has 124 valence electrons. The Morgan fingerprint density at radius 1 is 1.21 bits per heavy atom. The Labute approximate surface area is 144 Å². The van der Waals surface area contributed by atoms with Gasteiger partial charge in [0, 0.05) is 40.7 Å². The summed E-state index contributed by atoms with van der Waals surface area (Å²) in [4.78, 5) is 26.8. The van der Waals surface area contributed by atoms with Crippen LogP contribution in [0.1, 0.15) is 29.8 Å². The number of hydrogen-bond acceptors (Lipinski definition) is 5. The Hall–Kier alpha value is -2.40. The smallest absolute Gasteiger partial charge is 0.347 e. The summed E-state index contributed by atoms with van der Waals surface area (Å²) >= 11 is 1.53. The van der Waals surface area contributed by atoms with Crippen LogP contribution >= 0.6 is 11.3 Å². The van der Waals surface area contributed by atoms with Gasteiger partial charge in [0.1, 0.15) is 11.1 Å². The fourth-order valence-corrected chi connectivity index (χ4v) is 3.90. The molecule has 3 aromatic rings. The number of carbonyl (C=O) groups excluding carboxylic acids is 1. The van der Waals surface area contributed by atoms with Crippen LogP contribution in [0.2, 0.25) is 0 Å². The summed E-state index contributed by atoms with van der Waals surface area (Å²) in [7, 11) is 0. The highest BCUT2D eigenvalue weighted by atomic mass is 32.1. The molecule has 0 amide bonds. The van der Waals surface area contributed by atoms with E-state index in [1.54, 1.807) is 0 Å². The van der Waals surface area contributed by atoms with Crippen molar-refractivity contribution < 1.29 is 9.21 Å². The van der Waals surface area contributed by atoms with Crippen LogP contribution in [0.25, 0.3) is 21.4 Å². The van der Waals surface area contributed by atoms with Crippen molar-refractivity contribution in [3.8, 4) is 10.4 Å². The molecule has 0 saturated heterocycles. The number of aryl methyl sites for hydroxylation is 1. The highest BCUT2D eigenvalue weighted by Gasteiger charge is 2.18. The normalized spacial score (nSPS) is 11.0. The predicted octanol–water partition coefficient (Wildman–Crippen LogP) is 4.49. The molecule has 0 aliphatic carbocycles. The van der Waals surface area contributed by atoms with Gasteiger partial charge in [-0.3, -0.25) is 4.79 Å². The molecule has 0 bridgehead atoms. The van der Waals surface area contributed by atoms with Crippen molar-refractivity contribution >= 4 is 34.3 Å². The zero-order chi connectivity index (χ0) is 17.3. The fraction of sp³-hybridized carbons (Fsp3) is 0.263. The molecule has 0 N–H and O–H groups in total. The molecule has 2 aromatic heterocycles. The van der Waals surface area contributed by atoms with Gasteiger partial charge in [-0.15, -0.1) is 11.3 Å². The summed E-state index contributed by atoms with van der Waals surface area (Å²) in [6.07, 6.45) is 0.591. The maximum Gasteiger partial charge on any atom is 0.347 e. The van der Waals surface area contributed by atoms with Crippen molar-refractivity contribution in [2.45, 2.75) is 20.8 Å². The molecular formula is C19H19NO3S. The summed E-state index contributed by atoms with van der Waals surface area (Å²) in [6, 6.07) is 7.81. The van der Waals surface area contributed by atoms with E-state index in [1.807, 2.05) is 36.6 Å². The van der Waals surface area contributed by atoms with Gasteiger partial charge in [-0.05, 0) is 49.9 Å². The minimum Gasteiger partial charge on any atom is -0.422 e. The fourth-order valence-electron chi connectivity index (χ4n) is 2.92. The molecule has 1 aromatic carbocycles. The van der Waals surface area contributed by atoms with Crippen LogP contribution in [0.5, 0.6) is 0 Å². The second-order valence-corrected chi connectivity index (χ2v) is 6.55. The van der Waals surface area contributed by atoms with Crippen LogP contribution < -0.4 is 10.5 Å². The Morgan fingerprint density at radius 3 is 2.54 bits per heavy atom. The lowest BCUT2D eigenvalue weighted by molar-refractivity contribution is 0.112. The topological polar surface area (TPSA) is 50.5 Å². The van der Waals surface area contributed by atoms with Crippen LogP contribution in [-0.2, 0) is 0 Å². The minimum atomic E-state index is -0.588. The van der Waals surface area contributed by atoms with Crippen molar-refractivity contribution in [3.63, 3.8) is 0 Å². The molecule has 5 heteroatoms. The van der Waals surface area contributed by atoms with Gasteiger partial charge in [-0.25, -0.2) is 4.79 Å². The average molecular weight is 341 g/mol. The van der Waals surface area contributed by atoms with Crippen molar-refractivity contribution in [2.24, 2.45) is 0 Å². The number of nitrogens with zero attached hydrogens (tertiary/aromatic N) is 1. The van der Waals surface area contributed by atoms with Crippen molar-refractivity contribution in [2.75, 3.05) is 18.0 Å². The Morgan fingerprint density at radius 2 is 1.96 bits per heavy atom. The number of anilines is 1. The first-order chi connectivity index (χ1) is 11.6. The molecule has 0 aliphatic rings. The quantitative estimate of drug-likeness (QED) is 0.507. The summed E-state index contributed by atoms with van der Waals surface area (Å²) < 4.78 is 5.42. The van der Waals surface area contributed by atoms with Crippen LogP contribution in [0.3, 0.4) is 0 Å². The standard InChI is InChI=1S/C19H19NO3S/c1-4-20(5-2)13-6-7-14-16(9-13)23-19(22)15(10-21)18(14)17-8-12(3)11-24-17/h6-11H,4-5H2,1-3H3. The molecule has 0 spiro atoms. The number of thiophene rings is 1. The summed E-state index contributed by atoms with van der Waals surface area (Å²) in [6.45, 7) is 7.90. The predicted molar refractivity (Wildman–Crippen MR) is 99.5 cm³/mol. The maximum absolute atomic E-state index is 12.3. The molecule has 0 unspecified atom stereocenters. The first-order valence-corrected chi connectivity index (χ1v) is 8.83. The highest BCUT2D eigenvalue weighted by Crippen LogP contribution is 2.35. The first kappa shape index (κ1) is 16.5. The molecule has 24 heavy (non-hydrogen) atoms. The van der Waals surface area contributed by atoms with E-state index in [2.05, 4.69) is 18.7 Å². The van der Waals surface area contributed by atoms with Gasteiger partial charge < -0.3 is 9.32 Å². The van der Waals surface area contributed by atoms with Crippen LogP contribution in [-0.4, -0.2) is 19.4 Å². The monoisotopic (exact) mass is 341 g/mol. The van der Waals surface area contributed by atoms with Crippen molar-refractivity contribution in [1.82, 2.24) is 0 Å². The van der Waals surface area contributed by atoms with Gasteiger partial charge in [-0.2, -0.15) is 0 Å². The molecule has 0 aliphatic heterocycles. The third kappa shape index (κ3) is 2.76. The third-order valence-electron chi connectivity index (χ3n) is 4.15. The van der Waals surface area contributed by atoms with E-state index in [4.69, 9.17) is 4.42 Å². The molecule has 0 atom stereocenters. The Kier molecular flexibility index (Phi) is 4.53. The number of aldehydes is 1. The Balaban J connectivity index is 2.32. The molecule has 4 nitrogen and oxygen atoms in total. The largest absolute Gasteiger partial charge is 0.422 e. The van der Waals surface area contributed by atoms with Gasteiger partial charge in [0.25, 0.3) is 0 Å². The van der Waals surface area contributed by atoms with Crippen LogP contribution in [0.15, 0.2) is 38.9 Å². The third-order valence-corrected chi connectivity index (χ3v) is 5.22. The number of hydrogen-bond donors (Lipinski definition) is 0. The molecule has 0 saturated carbocycles. The van der Waals surface area contributed by atoms with E-state index in [9.17, 15) is 9.59 Å². The maximum atomic E-state index is 12.3. The van der Waals surface area contributed by atoms with E-state index in [0.29, 0.717) is 17.4 Å². The molecule has 3 rings (SSSR count). The van der Waals surface area contributed by atoms with E-state index < -0.39 is 5.63 Å². The van der Waals surface area contributed by atoms with Gasteiger partial charge >= 0.3 is 5.63 Å². The molecule has 2 heterocycles. The number of rotatable bonds is 5. The average Bonchev–Trinajstić information content (AvgIpc) is 3.00. The number of benzene rings is 1. The molecular weight excluding hydrogens is 322 g/mol. The van der Waals surface area contributed by atoms with E-state index >= 15 is 0 Å². The minimum absolute atomic E-state index is 0.0833. The zero-order valence-electron chi connectivity index (χ0n) is 14.0. The van der Waals surface area contributed by atoms with Gasteiger partial charge in [-0.1, -0.05) is 0 Å². The lowest BCUT2D eigenvalue weighted by Gasteiger charge is -2.21. The van der Waals surface area contributed by atoms with Gasteiger partial charge in [0.15, 0.2) is 6.29 Å². The summed E-state index contributed by atoms with van der Waals surface area (Å²) in [5, 5.41) is 2.80. The van der Waals surface area contributed by atoms with E-state index in [-0.39, 0.29) is 5.56 Å².